The standard InChI is InChI=1S/C12H12FN3O3S/c13-8-2-1-3-9(14)10(8)12-15-11(16-19-12)7-4-5-20(17,18)6-7/h1-3,7H,4-6,14H2. The zero-order chi connectivity index (χ0) is 14.3. The van der Waals surface area contributed by atoms with Crippen LogP contribution in [0.2, 0.25) is 0 Å². The van der Waals surface area contributed by atoms with Crippen molar-refractivity contribution in [3.05, 3.63) is 29.8 Å². The molecule has 106 valence electrons. The average Bonchev–Trinajstić information content (AvgIpc) is 2.96. The Morgan fingerprint density at radius 3 is 2.85 bits per heavy atom. The number of benzene rings is 1. The van der Waals surface area contributed by atoms with Gasteiger partial charge in [0.25, 0.3) is 5.89 Å². The van der Waals surface area contributed by atoms with Crippen molar-refractivity contribution in [2.24, 2.45) is 0 Å². The Morgan fingerprint density at radius 1 is 1.40 bits per heavy atom. The van der Waals surface area contributed by atoms with Gasteiger partial charge in [0, 0.05) is 11.6 Å². The second-order valence-electron chi connectivity index (χ2n) is 4.76. The third kappa shape index (κ3) is 2.26. The third-order valence-corrected chi connectivity index (χ3v) is 5.07. The van der Waals surface area contributed by atoms with Crippen molar-refractivity contribution in [1.82, 2.24) is 10.1 Å². The second kappa shape index (κ2) is 4.55. The van der Waals surface area contributed by atoms with E-state index in [1.54, 1.807) is 0 Å². The second-order valence-corrected chi connectivity index (χ2v) is 6.99. The van der Waals surface area contributed by atoms with E-state index in [1.807, 2.05) is 0 Å². The number of rotatable bonds is 2. The summed E-state index contributed by atoms with van der Waals surface area (Å²) in [7, 11) is -3.04. The van der Waals surface area contributed by atoms with Crippen LogP contribution in [0.25, 0.3) is 11.5 Å². The van der Waals surface area contributed by atoms with Crippen LogP contribution in [0.1, 0.15) is 18.2 Å². The van der Waals surface area contributed by atoms with E-state index < -0.39 is 15.7 Å². The molecule has 0 spiro atoms. The van der Waals surface area contributed by atoms with E-state index >= 15 is 0 Å². The maximum atomic E-state index is 13.7. The Morgan fingerprint density at radius 2 is 2.20 bits per heavy atom. The van der Waals surface area contributed by atoms with Gasteiger partial charge >= 0.3 is 0 Å². The van der Waals surface area contributed by atoms with Crippen molar-refractivity contribution < 1.29 is 17.3 Å². The Balaban J connectivity index is 1.95. The molecule has 2 aromatic rings. The van der Waals surface area contributed by atoms with Crippen LogP contribution in [0.4, 0.5) is 10.1 Å². The normalized spacial score (nSPS) is 21.1. The highest BCUT2D eigenvalue weighted by Crippen LogP contribution is 2.31. The summed E-state index contributed by atoms with van der Waals surface area (Å²) in [6.45, 7) is 0. The van der Waals surface area contributed by atoms with Crippen molar-refractivity contribution in [2.75, 3.05) is 17.2 Å². The minimum atomic E-state index is -3.04. The number of anilines is 1. The van der Waals surface area contributed by atoms with Crippen LogP contribution in [-0.2, 0) is 9.84 Å². The zero-order valence-electron chi connectivity index (χ0n) is 10.4. The fourth-order valence-corrected chi connectivity index (χ4v) is 4.01. The lowest BCUT2D eigenvalue weighted by molar-refractivity contribution is 0.416. The number of nitrogens with zero attached hydrogens (tertiary/aromatic N) is 2. The summed E-state index contributed by atoms with van der Waals surface area (Å²) in [5, 5.41) is 3.75. The van der Waals surface area contributed by atoms with E-state index in [2.05, 4.69) is 10.1 Å². The van der Waals surface area contributed by atoms with Gasteiger partial charge in [0.1, 0.15) is 5.82 Å². The molecule has 0 radical (unpaired) electrons. The molecule has 3 rings (SSSR count). The number of halogens is 1. The number of sulfone groups is 1. The summed E-state index contributed by atoms with van der Waals surface area (Å²) in [6.07, 6.45) is 0.452. The van der Waals surface area contributed by atoms with Crippen molar-refractivity contribution in [2.45, 2.75) is 12.3 Å². The fourth-order valence-electron chi connectivity index (χ4n) is 2.27. The molecule has 1 fully saturated rings. The van der Waals surface area contributed by atoms with Gasteiger partial charge in [0.15, 0.2) is 15.7 Å². The van der Waals surface area contributed by atoms with Gasteiger partial charge < -0.3 is 10.3 Å². The van der Waals surface area contributed by atoms with E-state index in [4.69, 9.17) is 10.3 Å². The van der Waals surface area contributed by atoms with Gasteiger partial charge in [-0.25, -0.2) is 12.8 Å². The fraction of sp³-hybridized carbons (Fsp3) is 0.333. The summed E-state index contributed by atoms with van der Waals surface area (Å²) in [6, 6.07) is 4.26. The number of hydrogen-bond donors (Lipinski definition) is 1. The number of aromatic nitrogens is 2. The maximum absolute atomic E-state index is 13.7. The largest absolute Gasteiger partial charge is 0.398 e. The van der Waals surface area contributed by atoms with Crippen LogP contribution in [-0.4, -0.2) is 30.1 Å². The molecule has 0 amide bonds. The highest BCUT2D eigenvalue weighted by Gasteiger charge is 2.32. The molecule has 8 heteroatoms. The monoisotopic (exact) mass is 297 g/mol. The first kappa shape index (κ1) is 13.0. The molecule has 2 heterocycles. The van der Waals surface area contributed by atoms with Gasteiger partial charge in [0.05, 0.1) is 17.1 Å². The molecule has 1 aliphatic rings. The predicted octanol–water partition coefficient (Wildman–Crippen LogP) is 1.36. The van der Waals surface area contributed by atoms with Crippen molar-refractivity contribution in [1.29, 1.82) is 0 Å². The number of hydrogen-bond acceptors (Lipinski definition) is 6. The summed E-state index contributed by atoms with van der Waals surface area (Å²) in [4.78, 5) is 4.09. The molecule has 6 nitrogen and oxygen atoms in total. The minimum absolute atomic E-state index is 0.00126. The van der Waals surface area contributed by atoms with Crippen LogP contribution in [0.15, 0.2) is 22.7 Å². The van der Waals surface area contributed by atoms with E-state index in [-0.39, 0.29) is 40.4 Å². The summed E-state index contributed by atoms with van der Waals surface area (Å²) in [5.41, 5.74) is 5.94. The van der Waals surface area contributed by atoms with Gasteiger partial charge in [0.2, 0.25) is 0 Å². The Hall–Kier alpha value is -1.96. The number of nitrogen functional groups attached to an aromatic ring is 1. The Labute approximate surface area is 114 Å². The molecule has 1 atom stereocenters. The van der Waals surface area contributed by atoms with E-state index in [1.165, 1.54) is 18.2 Å². The summed E-state index contributed by atoms with van der Waals surface area (Å²) < 4.78 is 41.6. The molecule has 0 aliphatic carbocycles. The van der Waals surface area contributed by atoms with Crippen LogP contribution < -0.4 is 5.73 Å². The van der Waals surface area contributed by atoms with Crippen molar-refractivity contribution >= 4 is 15.5 Å². The van der Waals surface area contributed by atoms with Crippen LogP contribution in [0.3, 0.4) is 0 Å². The average molecular weight is 297 g/mol. The first-order chi connectivity index (χ1) is 9.46. The molecule has 1 aliphatic heterocycles. The molecule has 2 N–H and O–H groups in total. The molecular weight excluding hydrogens is 285 g/mol. The van der Waals surface area contributed by atoms with Gasteiger partial charge in [-0.15, -0.1) is 0 Å². The molecular formula is C12H12FN3O3S. The highest BCUT2D eigenvalue weighted by atomic mass is 32.2. The van der Waals surface area contributed by atoms with Crippen LogP contribution in [0.5, 0.6) is 0 Å². The third-order valence-electron chi connectivity index (χ3n) is 3.30. The molecule has 0 bridgehead atoms. The van der Waals surface area contributed by atoms with Gasteiger partial charge in [-0.05, 0) is 18.6 Å². The SMILES string of the molecule is Nc1cccc(F)c1-c1nc(C2CCS(=O)(=O)C2)no1. The molecule has 1 saturated heterocycles. The smallest absolute Gasteiger partial charge is 0.263 e. The Bertz CT molecular complexity index is 737. The zero-order valence-corrected chi connectivity index (χ0v) is 11.2. The number of nitrogens with two attached hydrogens (primary N) is 1. The van der Waals surface area contributed by atoms with Gasteiger partial charge in [-0.2, -0.15) is 4.98 Å². The molecule has 1 aromatic carbocycles. The summed E-state index contributed by atoms with van der Waals surface area (Å²) >= 11 is 0. The quantitative estimate of drug-likeness (QED) is 0.840. The van der Waals surface area contributed by atoms with Crippen LogP contribution >= 0.6 is 0 Å². The summed E-state index contributed by atoms with van der Waals surface area (Å²) in [5.74, 6) is -0.490. The lowest BCUT2D eigenvalue weighted by Gasteiger charge is -2.01. The van der Waals surface area contributed by atoms with E-state index in [0.717, 1.165) is 0 Å². The topological polar surface area (TPSA) is 99.1 Å². The van der Waals surface area contributed by atoms with E-state index in [0.29, 0.717) is 6.42 Å². The maximum Gasteiger partial charge on any atom is 0.263 e. The first-order valence-corrected chi connectivity index (χ1v) is 7.87. The molecule has 0 saturated carbocycles. The van der Waals surface area contributed by atoms with Crippen LogP contribution in [0, 0.1) is 5.82 Å². The highest BCUT2D eigenvalue weighted by molar-refractivity contribution is 7.91. The van der Waals surface area contributed by atoms with Crippen molar-refractivity contribution in [3.8, 4) is 11.5 Å². The van der Waals surface area contributed by atoms with E-state index in [9.17, 15) is 12.8 Å². The first-order valence-electron chi connectivity index (χ1n) is 6.05. The van der Waals surface area contributed by atoms with Gasteiger partial charge in [-0.3, -0.25) is 0 Å². The molecule has 1 aromatic heterocycles. The molecule has 20 heavy (non-hydrogen) atoms. The van der Waals surface area contributed by atoms with Crippen molar-refractivity contribution in [3.63, 3.8) is 0 Å². The predicted molar refractivity (Wildman–Crippen MR) is 70.1 cm³/mol. The lowest BCUT2D eigenvalue weighted by atomic mass is 10.1. The minimum Gasteiger partial charge on any atom is -0.398 e. The van der Waals surface area contributed by atoms with Gasteiger partial charge in [-0.1, -0.05) is 11.2 Å². The Kier molecular flexibility index (Phi) is 2.97. The lowest BCUT2D eigenvalue weighted by Crippen LogP contribution is -2.05. The molecule has 1 unspecified atom stereocenters.